The predicted molar refractivity (Wildman–Crippen MR) is 90.7 cm³/mol. The molecule has 2 saturated heterocycles. The molecule has 6 heteroatoms. The fourth-order valence-corrected chi connectivity index (χ4v) is 3.60. The van der Waals surface area contributed by atoms with Crippen LogP contribution in [-0.4, -0.2) is 60.5 Å². The number of anilines is 1. The maximum absolute atomic E-state index is 12.1. The zero-order chi connectivity index (χ0) is 16.2. The summed E-state index contributed by atoms with van der Waals surface area (Å²) in [4.78, 5) is 25.8. The lowest BCUT2D eigenvalue weighted by Crippen LogP contribution is -2.43. The molecular formula is C17H27N5O. The number of likely N-dealkylation sites (N-methyl/N-ethyl adjacent to an activating group) is 1. The molecule has 0 unspecified atom stereocenters. The molecule has 0 aliphatic carbocycles. The van der Waals surface area contributed by atoms with Gasteiger partial charge in [-0.1, -0.05) is 0 Å². The number of carbonyl (C=O) groups excluding carboxylic acids is 1. The lowest BCUT2D eigenvalue weighted by Gasteiger charge is -2.33. The van der Waals surface area contributed by atoms with Crippen LogP contribution in [0.4, 0.5) is 5.82 Å². The molecule has 2 fully saturated rings. The average Bonchev–Trinajstić information content (AvgIpc) is 3.09. The lowest BCUT2D eigenvalue weighted by atomic mass is 9.94. The smallest absolute Gasteiger partial charge is 0.236 e. The maximum atomic E-state index is 12.1. The molecule has 2 aliphatic rings. The van der Waals surface area contributed by atoms with Crippen LogP contribution < -0.4 is 10.2 Å². The fraction of sp³-hybridized carbons (Fsp3) is 0.706. The van der Waals surface area contributed by atoms with E-state index >= 15 is 0 Å². The van der Waals surface area contributed by atoms with Crippen molar-refractivity contribution < 1.29 is 4.79 Å². The Bertz CT molecular complexity index is 556. The van der Waals surface area contributed by atoms with Crippen LogP contribution in [0.5, 0.6) is 0 Å². The van der Waals surface area contributed by atoms with Crippen LogP contribution in [0.15, 0.2) is 6.07 Å². The first-order valence-electron chi connectivity index (χ1n) is 8.70. The minimum absolute atomic E-state index is 0.183. The molecule has 0 aromatic carbocycles. The molecule has 1 aromatic heterocycles. The van der Waals surface area contributed by atoms with Gasteiger partial charge in [0.1, 0.15) is 11.6 Å². The number of nitrogens with one attached hydrogen (secondary N) is 1. The number of piperidine rings is 1. The van der Waals surface area contributed by atoms with Gasteiger partial charge in [0.25, 0.3) is 0 Å². The van der Waals surface area contributed by atoms with Gasteiger partial charge in [-0.3, -0.25) is 4.79 Å². The molecule has 23 heavy (non-hydrogen) atoms. The van der Waals surface area contributed by atoms with Gasteiger partial charge >= 0.3 is 0 Å². The van der Waals surface area contributed by atoms with Crippen molar-refractivity contribution in [2.75, 3.05) is 44.7 Å². The van der Waals surface area contributed by atoms with Gasteiger partial charge in [0.2, 0.25) is 5.91 Å². The van der Waals surface area contributed by atoms with Crippen molar-refractivity contribution in [2.24, 2.45) is 0 Å². The number of hydrogen-bond donors (Lipinski definition) is 1. The van der Waals surface area contributed by atoms with E-state index < -0.39 is 0 Å². The van der Waals surface area contributed by atoms with E-state index in [-0.39, 0.29) is 5.91 Å². The Labute approximate surface area is 138 Å². The third-order valence-electron chi connectivity index (χ3n) is 4.79. The van der Waals surface area contributed by atoms with Crippen LogP contribution in [0.2, 0.25) is 0 Å². The van der Waals surface area contributed by atoms with Crippen molar-refractivity contribution >= 4 is 11.7 Å². The van der Waals surface area contributed by atoms with Gasteiger partial charge in [-0.25, -0.2) is 9.97 Å². The molecule has 1 aromatic rings. The standard InChI is InChI=1S/C17H27N5O/c1-13-19-15(10-16(20-13)21-7-3-4-8-21)14-6-5-9-22(12-14)17(23)11-18-2/h10,14,18H,3-9,11-12H2,1-2H3/t14-/m0/s1. The van der Waals surface area contributed by atoms with E-state index in [0.717, 1.165) is 56.4 Å². The molecule has 2 aliphatic heterocycles. The maximum Gasteiger partial charge on any atom is 0.236 e. The first-order chi connectivity index (χ1) is 11.2. The zero-order valence-electron chi connectivity index (χ0n) is 14.2. The van der Waals surface area contributed by atoms with Crippen molar-refractivity contribution in [1.29, 1.82) is 0 Å². The van der Waals surface area contributed by atoms with Crippen molar-refractivity contribution in [3.05, 3.63) is 17.6 Å². The van der Waals surface area contributed by atoms with E-state index in [2.05, 4.69) is 26.3 Å². The molecule has 3 heterocycles. The average molecular weight is 317 g/mol. The van der Waals surface area contributed by atoms with Crippen LogP contribution in [0.3, 0.4) is 0 Å². The molecule has 1 atom stereocenters. The van der Waals surface area contributed by atoms with E-state index in [1.165, 1.54) is 12.8 Å². The first-order valence-corrected chi connectivity index (χ1v) is 8.70. The molecule has 6 nitrogen and oxygen atoms in total. The summed E-state index contributed by atoms with van der Waals surface area (Å²) in [6, 6.07) is 2.15. The second-order valence-corrected chi connectivity index (χ2v) is 6.60. The van der Waals surface area contributed by atoms with Crippen molar-refractivity contribution in [1.82, 2.24) is 20.2 Å². The van der Waals surface area contributed by atoms with Crippen molar-refractivity contribution in [2.45, 2.75) is 38.5 Å². The summed E-state index contributed by atoms with van der Waals surface area (Å²) in [5, 5.41) is 2.95. The quantitative estimate of drug-likeness (QED) is 0.907. The Hall–Kier alpha value is -1.69. The number of aromatic nitrogens is 2. The largest absolute Gasteiger partial charge is 0.357 e. The summed E-state index contributed by atoms with van der Waals surface area (Å²) in [5.74, 6) is 2.40. The van der Waals surface area contributed by atoms with Crippen LogP contribution in [0, 0.1) is 6.92 Å². The summed E-state index contributed by atoms with van der Waals surface area (Å²) in [6.07, 6.45) is 4.63. The van der Waals surface area contributed by atoms with E-state index in [9.17, 15) is 4.79 Å². The van der Waals surface area contributed by atoms with Crippen molar-refractivity contribution in [3.8, 4) is 0 Å². The van der Waals surface area contributed by atoms with Gasteiger partial charge in [-0.15, -0.1) is 0 Å². The highest BCUT2D eigenvalue weighted by molar-refractivity contribution is 5.78. The third kappa shape index (κ3) is 3.80. The van der Waals surface area contributed by atoms with E-state index in [1.807, 2.05) is 18.9 Å². The lowest BCUT2D eigenvalue weighted by molar-refractivity contribution is -0.131. The highest BCUT2D eigenvalue weighted by Crippen LogP contribution is 2.28. The monoisotopic (exact) mass is 317 g/mol. The molecule has 0 spiro atoms. The van der Waals surface area contributed by atoms with Gasteiger partial charge in [0.05, 0.1) is 12.2 Å². The number of carbonyl (C=O) groups is 1. The van der Waals surface area contributed by atoms with Crippen LogP contribution >= 0.6 is 0 Å². The van der Waals surface area contributed by atoms with Crippen molar-refractivity contribution in [3.63, 3.8) is 0 Å². The normalized spacial score (nSPS) is 21.7. The number of rotatable bonds is 4. The van der Waals surface area contributed by atoms with Gasteiger partial charge in [0, 0.05) is 38.2 Å². The molecule has 126 valence electrons. The number of aryl methyl sites for hydroxylation is 1. The summed E-state index contributed by atoms with van der Waals surface area (Å²) < 4.78 is 0. The van der Waals surface area contributed by atoms with Gasteiger partial charge in [-0.2, -0.15) is 0 Å². The second-order valence-electron chi connectivity index (χ2n) is 6.60. The highest BCUT2D eigenvalue weighted by Gasteiger charge is 2.26. The predicted octanol–water partition coefficient (Wildman–Crippen LogP) is 1.31. The van der Waals surface area contributed by atoms with Crippen LogP contribution in [0.1, 0.15) is 43.1 Å². The Morgan fingerprint density at radius 1 is 1.26 bits per heavy atom. The number of amides is 1. The Balaban J connectivity index is 1.76. The Morgan fingerprint density at radius 3 is 2.78 bits per heavy atom. The zero-order valence-corrected chi connectivity index (χ0v) is 14.2. The van der Waals surface area contributed by atoms with Gasteiger partial charge in [-0.05, 0) is 39.7 Å². The van der Waals surface area contributed by atoms with E-state index in [1.54, 1.807) is 0 Å². The molecule has 1 amide bonds. The minimum Gasteiger partial charge on any atom is -0.357 e. The minimum atomic E-state index is 0.183. The molecular weight excluding hydrogens is 290 g/mol. The molecule has 1 N–H and O–H groups in total. The van der Waals surface area contributed by atoms with E-state index in [0.29, 0.717) is 12.5 Å². The summed E-state index contributed by atoms with van der Waals surface area (Å²) in [7, 11) is 1.81. The van der Waals surface area contributed by atoms with E-state index in [4.69, 9.17) is 0 Å². The topological polar surface area (TPSA) is 61.4 Å². The van der Waals surface area contributed by atoms with Gasteiger partial charge in [0.15, 0.2) is 0 Å². The fourth-order valence-electron chi connectivity index (χ4n) is 3.60. The summed E-state index contributed by atoms with van der Waals surface area (Å²) in [6.45, 7) is 6.20. The second kappa shape index (κ2) is 7.25. The molecule has 0 bridgehead atoms. The number of hydrogen-bond acceptors (Lipinski definition) is 5. The number of likely N-dealkylation sites (tertiary alicyclic amines) is 1. The van der Waals surface area contributed by atoms with Crippen LogP contribution in [-0.2, 0) is 4.79 Å². The molecule has 0 radical (unpaired) electrons. The molecule has 3 rings (SSSR count). The first kappa shape index (κ1) is 16.2. The number of nitrogens with zero attached hydrogens (tertiary/aromatic N) is 4. The Kier molecular flexibility index (Phi) is 5.10. The summed E-state index contributed by atoms with van der Waals surface area (Å²) >= 11 is 0. The SMILES string of the molecule is CNCC(=O)N1CCC[C@H](c2cc(N3CCCC3)nc(C)n2)C1. The van der Waals surface area contributed by atoms with Crippen LogP contribution in [0.25, 0.3) is 0 Å². The third-order valence-corrected chi connectivity index (χ3v) is 4.79. The Morgan fingerprint density at radius 2 is 2.04 bits per heavy atom. The van der Waals surface area contributed by atoms with Gasteiger partial charge < -0.3 is 15.1 Å². The summed E-state index contributed by atoms with van der Waals surface area (Å²) in [5.41, 5.74) is 1.10. The molecule has 0 saturated carbocycles. The highest BCUT2D eigenvalue weighted by atomic mass is 16.2.